The third-order valence-electron chi connectivity index (χ3n) is 4.44. The van der Waals surface area contributed by atoms with Gasteiger partial charge < -0.3 is 9.84 Å². The van der Waals surface area contributed by atoms with Crippen LogP contribution in [-0.4, -0.2) is 28.9 Å². The number of amides is 1. The van der Waals surface area contributed by atoms with E-state index in [-0.39, 0.29) is 6.61 Å². The van der Waals surface area contributed by atoms with Crippen molar-refractivity contribution < 1.29 is 18.4 Å². The minimum absolute atomic E-state index is 0.376. The van der Waals surface area contributed by atoms with Crippen molar-refractivity contribution in [3.05, 3.63) is 48.3 Å². The summed E-state index contributed by atoms with van der Waals surface area (Å²) in [5.74, 6) is 0.0568. The van der Waals surface area contributed by atoms with E-state index in [0.717, 1.165) is 29.7 Å². The number of benzene rings is 1. The van der Waals surface area contributed by atoms with Crippen molar-refractivity contribution in [3.8, 4) is 5.75 Å². The van der Waals surface area contributed by atoms with Crippen LogP contribution in [0.1, 0.15) is 46.1 Å². The van der Waals surface area contributed by atoms with Crippen LogP contribution < -0.4 is 9.84 Å². The highest BCUT2D eigenvalue weighted by Crippen LogP contribution is 2.59. The van der Waals surface area contributed by atoms with E-state index in [0.29, 0.717) is 11.4 Å². The fraction of sp³-hybridized carbons (Fsp3) is 0.455. The summed E-state index contributed by atoms with van der Waals surface area (Å²) in [7, 11) is -3.63. The lowest BCUT2D eigenvalue weighted by Gasteiger charge is -2.30. The summed E-state index contributed by atoms with van der Waals surface area (Å²) in [5, 5.41) is 2.02. The summed E-state index contributed by atoms with van der Waals surface area (Å²) >= 11 is 1.56. The van der Waals surface area contributed by atoms with Gasteiger partial charge in [0.05, 0.1) is 17.0 Å². The van der Waals surface area contributed by atoms with E-state index in [2.05, 4.69) is 17.2 Å². The van der Waals surface area contributed by atoms with Gasteiger partial charge in [-0.15, -0.1) is 11.8 Å². The van der Waals surface area contributed by atoms with Crippen molar-refractivity contribution >= 4 is 31.0 Å². The molecule has 0 spiro atoms. The van der Waals surface area contributed by atoms with Gasteiger partial charge in [0, 0.05) is 11.1 Å². The van der Waals surface area contributed by atoms with Gasteiger partial charge in [0.15, 0.2) is 0 Å². The minimum Gasteiger partial charge on any atom is -0.424 e. The van der Waals surface area contributed by atoms with Crippen molar-refractivity contribution in [1.82, 2.24) is 4.98 Å². The van der Waals surface area contributed by atoms with Gasteiger partial charge in [-0.2, -0.15) is 0 Å². The normalized spacial score (nSPS) is 13.5. The van der Waals surface area contributed by atoms with Gasteiger partial charge in [-0.3, -0.25) is 14.3 Å². The van der Waals surface area contributed by atoms with Crippen molar-refractivity contribution in [2.75, 3.05) is 18.2 Å². The smallest absolute Gasteiger partial charge is 0.384 e. The van der Waals surface area contributed by atoms with Gasteiger partial charge in [-0.05, 0) is 69.7 Å². The lowest BCUT2D eigenvalue weighted by atomic mass is 10.1. The Bertz CT molecular complexity index is 899. The Morgan fingerprint density at radius 3 is 2.70 bits per heavy atom. The number of pyridine rings is 1. The third-order valence-corrected chi connectivity index (χ3v) is 7.73. The Labute approximate surface area is 183 Å². The number of thioether (sulfide) groups is 1. The molecular weight excluding hydrogens is 419 g/mol. The Balaban J connectivity index is 2.09. The lowest BCUT2D eigenvalue weighted by molar-refractivity contribution is -0.118. The van der Waals surface area contributed by atoms with Crippen LogP contribution in [0.4, 0.5) is 5.69 Å². The molecule has 0 aliphatic heterocycles. The molecule has 1 amide bonds. The second kappa shape index (κ2) is 11.0. The topological polar surface area (TPSA) is 77.5 Å². The number of aromatic nitrogens is 1. The number of nitrogens with zero attached hydrogens (tertiary/aromatic N) is 1. The molecule has 8 heteroatoms. The number of carbonyl (C=O) groups is 1. The molecule has 0 fully saturated rings. The van der Waals surface area contributed by atoms with Gasteiger partial charge in [0.2, 0.25) is 0 Å². The number of carbonyl (C=O) groups excluding carboxylic acids is 1. The molecular formula is C22H31N2O4PS. The quantitative estimate of drug-likeness (QED) is 0.344. The second-order valence-electron chi connectivity index (χ2n) is 7.90. The Morgan fingerprint density at radius 2 is 2.03 bits per heavy atom. The number of aryl methyl sites for hydroxylation is 1. The third kappa shape index (κ3) is 6.86. The van der Waals surface area contributed by atoms with E-state index >= 15 is 0 Å². The fourth-order valence-electron chi connectivity index (χ4n) is 2.60. The first kappa shape index (κ1) is 24.4. The van der Waals surface area contributed by atoms with Gasteiger partial charge in [-0.25, -0.2) is 4.57 Å². The molecule has 1 aromatic carbocycles. The van der Waals surface area contributed by atoms with E-state index < -0.39 is 18.7 Å². The van der Waals surface area contributed by atoms with E-state index in [9.17, 15) is 9.36 Å². The summed E-state index contributed by atoms with van der Waals surface area (Å²) in [6.07, 6.45) is 8.22. The maximum absolute atomic E-state index is 13.5. The predicted molar refractivity (Wildman–Crippen MR) is 124 cm³/mol. The molecule has 2 aromatic rings. The largest absolute Gasteiger partial charge is 0.424 e. The molecule has 0 aliphatic carbocycles. The van der Waals surface area contributed by atoms with Gasteiger partial charge in [0.25, 0.3) is 5.91 Å². The number of nitrogens with one attached hydrogen (secondary N) is 1. The number of rotatable bonds is 10. The SMILES string of the molecule is CCCCc1ccncc1NC(=O)COP(=O)(Oc1cccc(SC)c1)C(C)(C)C. The Hall–Kier alpha value is -1.82. The summed E-state index contributed by atoms with van der Waals surface area (Å²) in [6.45, 7) is 7.06. The Morgan fingerprint density at radius 1 is 1.27 bits per heavy atom. The lowest BCUT2D eigenvalue weighted by Crippen LogP contribution is -2.25. The van der Waals surface area contributed by atoms with E-state index in [1.54, 1.807) is 51.0 Å². The molecule has 1 atom stereocenters. The zero-order valence-electron chi connectivity index (χ0n) is 18.3. The number of anilines is 1. The van der Waals surface area contributed by atoms with Crippen LogP contribution in [0.25, 0.3) is 0 Å². The molecule has 1 N–H and O–H groups in total. The second-order valence-corrected chi connectivity index (χ2v) is 11.6. The maximum atomic E-state index is 13.5. The van der Waals surface area contributed by atoms with Crippen molar-refractivity contribution in [2.45, 2.75) is 57.0 Å². The molecule has 2 rings (SSSR count). The van der Waals surface area contributed by atoms with Gasteiger partial charge in [-0.1, -0.05) is 19.4 Å². The average molecular weight is 451 g/mol. The van der Waals surface area contributed by atoms with Gasteiger partial charge in [0.1, 0.15) is 12.4 Å². The number of hydrogen-bond donors (Lipinski definition) is 1. The van der Waals surface area contributed by atoms with E-state index in [1.165, 1.54) is 0 Å². The molecule has 164 valence electrons. The van der Waals surface area contributed by atoms with Crippen LogP contribution in [0.5, 0.6) is 5.75 Å². The maximum Gasteiger partial charge on any atom is 0.384 e. The van der Waals surface area contributed by atoms with Crippen LogP contribution in [0.15, 0.2) is 47.6 Å². The highest BCUT2D eigenvalue weighted by atomic mass is 32.2. The average Bonchev–Trinajstić information content (AvgIpc) is 2.71. The Kier molecular flexibility index (Phi) is 8.95. The first-order chi connectivity index (χ1) is 14.2. The zero-order valence-corrected chi connectivity index (χ0v) is 20.0. The van der Waals surface area contributed by atoms with Crippen LogP contribution in [0.2, 0.25) is 0 Å². The van der Waals surface area contributed by atoms with Crippen LogP contribution in [0, 0.1) is 0 Å². The number of unbranched alkanes of at least 4 members (excludes halogenated alkanes) is 1. The predicted octanol–water partition coefficient (Wildman–Crippen LogP) is 6.17. The summed E-state index contributed by atoms with van der Waals surface area (Å²) in [6, 6.07) is 9.21. The van der Waals surface area contributed by atoms with Crippen molar-refractivity contribution in [3.63, 3.8) is 0 Å². The monoisotopic (exact) mass is 450 g/mol. The molecule has 0 saturated heterocycles. The summed E-state index contributed by atoms with van der Waals surface area (Å²) < 4.78 is 25.0. The van der Waals surface area contributed by atoms with E-state index in [1.807, 2.05) is 30.5 Å². The number of hydrogen-bond acceptors (Lipinski definition) is 6. The fourth-order valence-corrected chi connectivity index (χ4v) is 4.45. The van der Waals surface area contributed by atoms with Crippen LogP contribution >= 0.6 is 19.4 Å². The van der Waals surface area contributed by atoms with Crippen molar-refractivity contribution in [2.24, 2.45) is 0 Å². The van der Waals surface area contributed by atoms with Crippen LogP contribution in [-0.2, 0) is 20.3 Å². The van der Waals surface area contributed by atoms with E-state index in [4.69, 9.17) is 9.05 Å². The molecule has 1 aromatic heterocycles. The molecule has 30 heavy (non-hydrogen) atoms. The molecule has 1 heterocycles. The zero-order chi connectivity index (χ0) is 22.2. The molecule has 0 radical (unpaired) electrons. The highest BCUT2D eigenvalue weighted by molar-refractivity contribution is 7.98. The molecule has 0 aliphatic rings. The minimum atomic E-state index is -3.63. The standard InChI is InChI=1S/C22H31N2O4PS/c1-6-7-9-17-12-13-23-15-20(17)24-21(25)16-27-29(26,22(2,3)4)28-18-10-8-11-19(14-18)30-5/h8,10-15H,6-7,9,16H2,1-5H3,(H,24,25). The van der Waals surface area contributed by atoms with Crippen molar-refractivity contribution in [1.29, 1.82) is 0 Å². The molecule has 0 saturated carbocycles. The molecule has 1 unspecified atom stereocenters. The highest BCUT2D eigenvalue weighted by Gasteiger charge is 2.42. The first-order valence-electron chi connectivity index (χ1n) is 9.99. The van der Waals surface area contributed by atoms with Crippen LogP contribution in [0.3, 0.4) is 0 Å². The summed E-state index contributed by atoms with van der Waals surface area (Å²) in [4.78, 5) is 17.6. The van der Waals surface area contributed by atoms with Gasteiger partial charge >= 0.3 is 7.60 Å². The summed E-state index contributed by atoms with van der Waals surface area (Å²) in [5.41, 5.74) is 1.67. The molecule has 0 bridgehead atoms. The molecule has 6 nitrogen and oxygen atoms in total. The first-order valence-corrected chi connectivity index (χ1v) is 12.8.